The molecule has 2 aromatic rings. The van der Waals surface area contributed by atoms with Crippen molar-refractivity contribution in [3.8, 4) is 0 Å². The summed E-state index contributed by atoms with van der Waals surface area (Å²) >= 11 is 0. The topological polar surface area (TPSA) is 114 Å². The molecule has 2 rings (SSSR count). The number of amides is 2. The van der Waals surface area contributed by atoms with Crippen molar-refractivity contribution in [2.24, 2.45) is 0 Å². The molecule has 0 radical (unpaired) electrons. The third kappa shape index (κ3) is 5.60. The van der Waals surface area contributed by atoms with Gasteiger partial charge in [-0.2, -0.15) is 0 Å². The van der Waals surface area contributed by atoms with Gasteiger partial charge in [0.15, 0.2) is 9.84 Å². The van der Waals surface area contributed by atoms with Gasteiger partial charge in [0.1, 0.15) is 5.25 Å². The van der Waals surface area contributed by atoms with E-state index in [1.165, 1.54) is 31.6 Å². The first-order valence-electron chi connectivity index (χ1n) is 8.20. The molecule has 0 saturated heterocycles. The lowest BCUT2D eigenvalue weighted by Gasteiger charge is -2.18. The van der Waals surface area contributed by atoms with E-state index in [1.807, 2.05) is 0 Å². The van der Waals surface area contributed by atoms with Gasteiger partial charge < -0.3 is 15.4 Å². The summed E-state index contributed by atoms with van der Waals surface area (Å²) < 4.78 is 30.8. The molecular formula is C18H21N3O5S. The zero-order valence-electron chi connectivity index (χ0n) is 14.8. The van der Waals surface area contributed by atoms with Crippen LogP contribution in [0.1, 0.15) is 10.8 Å². The van der Waals surface area contributed by atoms with E-state index in [4.69, 9.17) is 4.74 Å². The average Bonchev–Trinajstić information content (AvgIpc) is 2.69. The summed E-state index contributed by atoms with van der Waals surface area (Å²) in [7, 11) is -2.33. The van der Waals surface area contributed by atoms with Crippen LogP contribution < -0.4 is 10.6 Å². The Hall–Kier alpha value is -2.78. The Balaban J connectivity index is 2.18. The third-order valence-corrected chi connectivity index (χ3v) is 5.87. The van der Waals surface area contributed by atoms with Gasteiger partial charge in [-0.25, -0.2) is 8.42 Å². The lowest BCUT2D eigenvalue weighted by molar-refractivity contribution is -0.139. The molecule has 0 aliphatic heterocycles. The van der Waals surface area contributed by atoms with Gasteiger partial charge in [0.2, 0.25) is 0 Å². The molecule has 1 aromatic carbocycles. The number of carbonyl (C=O) groups excluding carboxylic acids is 2. The van der Waals surface area contributed by atoms with Crippen molar-refractivity contribution in [3.63, 3.8) is 0 Å². The lowest BCUT2D eigenvalue weighted by Crippen LogP contribution is -2.43. The van der Waals surface area contributed by atoms with Crippen molar-refractivity contribution in [3.05, 3.63) is 60.4 Å². The van der Waals surface area contributed by atoms with Gasteiger partial charge in [0, 0.05) is 32.6 Å². The second-order valence-corrected chi connectivity index (χ2v) is 7.72. The van der Waals surface area contributed by atoms with Crippen LogP contribution in [0, 0.1) is 0 Å². The van der Waals surface area contributed by atoms with E-state index in [9.17, 15) is 18.0 Å². The number of sulfone groups is 1. The highest BCUT2D eigenvalue weighted by Gasteiger charge is 2.30. The number of benzene rings is 1. The summed E-state index contributed by atoms with van der Waals surface area (Å²) in [4.78, 5) is 27.8. The van der Waals surface area contributed by atoms with Crippen LogP contribution in [0.3, 0.4) is 0 Å². The minimum atomic E-state index is -3.80. The number of ether oxygens (including phenoxy) is 1. The van der Waals surface area contributed by atoms with Crippen molar-refractivity contribution in [1.82, 2.24) is 15.6 Å². The highest BCUT2D eigenvalue weighted by Crippen LogP contribution is 2.27. The molecule has 0 aliphatic rings. The first-order valence-corrected chi connectivity index (χ1v) is 9.75. The molecule has 0 unspecified atom stereocenters. The lowest BCUT2D eigenvalue weighted by atomic mass is 10.2. The van der Waals surface area contributed by atoms with Crippen LogP contribution in [0.25, 0.3) is 0 Å². The average molecular weight is 391 g/mol. The van der Waals surface area contributed by atoms with Crippen LogP contribution in [-0.2, 0) is 24.2 Å². The molecule has 2 N–H and O–H groups in total. The summed E-state index contributed by atoms with van der Waals surface area (Å²) in [6.45, 7) is 0.177. The van der Waals surface area contributed by atoms with Crippen molar-refractivity contribution < 1.29 is 22.7 Å². The molecule has 0 bridgehead atoms. The van der Waals surface area contributed by atoms with Crippen LogP contribution in [0.2, 0.25) is 0 Å². The summed E-state index contributed by atoms with van der Waals surface area (Å²) in [5.74, 6) is -1.77. The molecule has 144 valence electrons. The Morgan fingerprint density at radius 1 is 1.07 bits per heavy atom. The number of methoxy groups -OCH3 is 1. The van der Waals surface area contributed by atoms with Crippen LogP contribution in [0.15, 0.2) is 59.8 Å². The van der Waals surface area contributed by atoms with Gasteiger partial charge in [-0.05, 0) is 23.8 Å². The quantitative estimate of drug-likeness (QED) is 0.500. The number of nitrogens with zero attached hydrogens (tertiary/aromatic N) is 1. The smallest absolute Gasteiger partial charge is 0.309 e. The number of hydrogen-bond acceptors (Lipinski definition) is 6. The molecule has 0 aliphatic carbocycles. The molecule has 1 heterocycles. The zero-order valence-corrected chi connectivity index (χ0v) is 15.6. The third-order valence-electron chi connectivity index (χ3n) is 3.75. The Morgan fingerprint density at radius 3 is 2.41 bits per heavy atom. The number of hydrogen-bond donors (Lipinski definition) is 2. The van der Waals surface area contributed by atoms with Gasteiger partial charge in [0.05, 0.1) is 11.5 Å². The molecule has 0 spiro atoms. The van der Waals surface area contributed by atoms with Crippen molar-refractivity contribution in [2.75, 3.05) is 26.8 Å². The Kier molecular flexibility index (Phi) is 7.44. The number of pyridine rings is 1. The predicted molar refractivity (Wildman–Crippen MR) is 98.5 cm³/mol. The fourth-order valence-corrected chi connectivity index (χ4v) is 4.03. The van der Waals surface area contributed by atoms with E-state index in [1.54, 1.807) is 30.3 Å². The van der Waals surface area contributed by atoms with Crippen LogP contribution in [-0.4, -0.2) is 52.0 Å². The number of rotatable bonds is 8. The monoisotopic (exact) mass is 391 g/mol. The SMILES string of the molecule is COCCNC(=O)C(=O)NC[C@H](c1cccnc1)S(=O)(=O)c1ccccc1. The van der Waals surface area contributed by atoms with E-state index in [0.29, 0.717) is 5.56 Å². The number of nitrogens with one attached hydrogen (secondary N) is 2. The Bertz CT molecular complexity index is 857. The fourth-order valence-electron chi connectivity index (χ4n) is 2.36. The molecule has 1 aromatic heterocycles. The summed E-state index contributed by atoms with van der Waals surface area (Å²) in [6.07, 6.45) is 2.95. The summed E-state index contributed by atoms with van der Waals surface area (Å²) in [5, 5.41) is 3.69. The molecule has 27 heavy (non-hydrogen) atoms. The molecule has 8 nitrogen and oxygen atoms in total. The molecular weight excluding hydrogens is 370 g/mol. The standard InChI is InChI=1S/C18H21N3O5S/c1-26-11-10-20-17(22)18(23)21-13-16(14-6-5-9-19-12-14)27(24,25)15-7-3-2-4-8-15/h2-9,12,16H,10-11,13H2,1H3,(H,20,22)(H,21,23)/t16-/m1/s1. The first kappa shape index (κ1) is 20.5. The molecule has 9 heteroatoms. The number of carbonyl (C=O) groups is 2. The molecule has 2 amide bonds. The van der Waals surface area contributed by atoms with E-state index in [0.717, 1.165) is 0 Å². The van der Waals surface area contributed by atoms with Gasteiger partial charge in [-0.3, -0.25) is 14.6 Å². The fraction of sp³-hybridized carbons (Fsp3) is 0.278. The maximum Gasteiger partial charge on any atom is 0.309 e. The van der Waals surface area contributed by atoms with Crippen LogP contribution in [0.5, 0.6) is 0 Å². The van der Waals surface area contributed by atoms with Crippen molar-refractivity contribution >= 4 is 21.7 Å². The van der Waals surface area contributed by atoms with Gasteiger partial charge >= 0.3 is 11.8 Å². The normalized spacial score (nSPS) is 12.2. The summed E-state index contributed by atoms with van der Waals surface area (Å²) in [6, 6.07) is 11.1. The highest BCUT2D eigenvalue weighted by atomic mass is 32.2. The van der Waals surface area contributed by atoms with Crippen LogP contribution in [0.4, 0.5) is 0 Å². The van der Waals surface area contributed by atoms with Crippen molar-refractivity contribution in [1.29, 1.82) is 0 Å². The number of aromatic nitrogens is 1. The van der Waals surface area contributed by atoms with Gasteiger partial charge in [-0.15, -0.1) is 0 Å². The second kappa shape index (κ2) is 9.79. The highest BCUT2D eigenvalue weighted by molar-refractivity contribution is 7.91. The summed E-state index contributed by atoms with van der Waals surface area (Å²) in [5.41, 5.74) is 0.418. The minimum Gasteiger partial charge on any atom is -0.383 e. The van der Waals surface area contributed by atoms with Crippen LogP contribution >= 0.6 is 0 Å². The largest absolute Gasteiger partial charge is 0.383 e. The maximum absolute atomic E-state index is 13.0. The predicted octanol–water partition coefficient (Wildman–Crippen LogP) is 0.475. The molecule has 0 saturated carbocycles. The van der Waals surface area contributed by atoms with Gasteiger partial charge in [-0.1, -0.05) is 24.3 Å². The van der Waals surface area contributed by atoms with Crippen molar-refractivity contribution in [2.45, 2.75) is 10.1 Å². The Morgan fingerprint density at radius 2 is 1.78 bits per heavy atom. The second-order valence-electron chi connectivity index (χ2n) is 5.59. The van der Waals surface area contributed by atoms with E-state index >= 15 is 0 Å². The molecule has 1 atom stereocenters. The maximum atomic E-state index is 13.0. The first-order chi connectivity index (χ1) is 13.0. The van der Waals surface area contributed by atoms with E-state index in [2.05, 4.69) is 15.6 Å². The zero-order chi connectivity index (χ0) is 19.7. The van der Waals surface area contributed by atoms with E-state index < -0.39 is 26.9 Å². The minimum absolute atomic E-state index is 0.123. The Labute approximate surface area is 157 Å². The van der Waals surface area contributed by atoms with Gasteiger partial charge in [0.25, 0.3) is 0 Å². The molecule has 0 fully saturated rings. The van der Waals surface area contributed by atoms with E-state index in [-0.39, 0.29) is 24.6 Å².